The van der Waals surface area contributed by atoms with Crippen molar-refractivity contribution in [2.75, 3.05) is 5.32 Å². The lowest BCUT2D eigenvalue weighted by atomic mass is 10.2. The van der Waals surface area contributed by atoms with Gasteiger partial charge in [0.15, 0.2) is 0 Å². The van der Waals surface area contributed by atoms with Gasteiger partial charge < -0.3 is 9.73 Å². The third-order valence-electron chi connectivity index (χ3n) is 2.68. The second-order valence-corrected chi connectivity index (χ2v) is 4.26. The van der Waals surface area contributed by atoms with E-state index in [-0.39, 0.29) is 0 Å². The molecule has 2 aromatic rings. The van der Waals surface area contributed by atoms with E-state index in [1.54, 1.807) is 19.1 Å². The van der Waals surface area contributed by atoms with Crippen LogP contribution >= 0.6 is 0 Å². The first-order valence-corrected chi connectivity index (χ1v) is 6.30. The van der Waals surface area contributed by atoms with E-state index in [1.165, 1.54) is 30.5 Å². The summed E-state index contributed by atoms with van der Waals surface area (Å²) in [4.78, 5) is 23.3. The molecule has 0 saturated heterocycles. The third kappa shape index (κ3) is 3.80. The van der Waals surface area contributed by atoms with Crippen LogP contribution in [0, 0.1) is 11.3 Å². The summed E-state index contributed by atoms with van der Waals surface area (Å²) in [6.45, 7) is 1.64. The van der Waals surface area contributed by atoms with Gasteiger partial charge in [-0.15, -0.1) is 0 Å². The van der Waals surface area contributed by atoms with E-state index in [0.717, 1.165) is 0 Å². The van der Waals surface area contributed by atoms with Gasteiger partial charge in [-0.2, -0.15) is 10.4 Å². The largest absolute Gasteiger partial charge is 0.463 e. The molecule has 110 valence electrons. The molecule has 0 atom stereocenters. The number of benzene rings is 1. The summed E-state index contributed by atoms with van der Waals surface area (Å²) < 4.78 is 5.10. The zero-order valence-electron chi connectivity index (χ0n) is 11.7. The Labute approximate surface area is 126 Å². The Hall–Kier alpha value is -3.40. The molecule has 0 bridgehead atoms. The maximum Gasteiger partial charge on any atom is 0.329 e. The van der Waals surface area contributed by atoms with Crippen LogP contribution in [-0.2, 0) is 9.59 Å². The Morgan fingerprint density at radius 3 is 2.50 bits per heavy atom. The fourth-order valence-electron chi connectivity index (χ4n) is 1.54. The van der Waals surface area contributed by atoms with Crippen LogP contribution in [0.3, 0.4) is 0 Å². The summed E-state index contributed by atoms with van der Waals surface area (Å²) >= 11 is 0. The van der Waals surface area contributed by atoms with Crippen LogP contribution in [0.15, 0.2) is 52.2 Å². The number of nitriles is 1. The zero-order valence-corrected chi connectivity index (χ0v) is 11.7. The number of rotatable bonds is 3. The van der Waals surface area contributed by atoms with Gasteiger partial charge in [0.05, 0.1) is 17.9 Å². The van der Waals surface area contributed by atoms with Crippen LogP contribution in [0.25, 0.3) is 0 Å². The number of hydrazone groups is 1. The minimum atomic E-state index is -0.907. The molecule has 7 nitrogen and oxygen atoms in total. The van der Waals surface area contributed by atoms with E-state index in [2.05, 4.69) is 15.8 Å². The number of carbonyl (C=O) groups is 2. The van der Waals surface area contributed by atoms with E-state index in [4.69, 9.17) is 9.68 Å². The number of furan rings is 1. The first-order valence-electron chi connectivity index (χ1n) is 6.30. The topological polar surface area (TPSA) is 107 Å². The molecule has 0 saturated carbocycles. The van der Waals surface area contributed by atoms with Crippen LogP contribution < -0.4 is 10.7 Å². The first kappa shape index (κ1) is 15.0. The van der Waals surface area contributed by atoms with Gasteiger partial charge in [0.2, 0.25) is 0 Å². The van der Waals surface area contributed by atoms with E-state index in [9.17, 15) is 9.59 Å². The quantitative estimate of drug-likeness (QED) is 0.510. The third-order valence-corrected chi connectivity index (χ3v) is 2.68. The molecule has 0 radical (unpaired) electrons. The average molecular weight is 296 g/mol. The lowest BCUT2D eigenvalue weighted by molar-refractivity contribution is -0.136. The van der Waals surface area contributed by atoms with Gasteiger partial charge in [-0.3, -0.25) is 9.59 Å². The fourth-order valence-corrected chi connectivity index (χ4v) is 1.54. The van der Waals surface area contributed by atoms with Crippen molar-refractivity contribution in [3.05, 3.63) is 54.0 Å². The Balaban J connectivity index is 1.93. The summed E-state index contributed by atoms with van der Waals surface area (Å²) in [6, 6.07) is 11.5. The van der Waals surface area contributed by atoms with E-state index in [0.29, 0.717) is 22.7 Å². The lowest BCUT2D eigenvalue weighted by Crippen LogP contribution is -2.32. The molecule has 1 heterocycles. The van der Waals surface area contributed by atoms with Crippen molar-refractivity contribution in [2.24, 2.45) is 5.10 Å². The first-order chi connectivity index (χ1) is 10.6. The van der Waals surface area contributed by atoms with E-state index >= 15 is 0 Å². The van der Waals surface area contributed by atoms with Crippen molar-refractivity contribution in [3.63, 3.8) is 0 Å². The van der Waals surface area contributed by atoms with Crippen LogP contribution in [0.1, 0.15) is 18.2 Å². The summed E-state index contributed by atoms with van der Waals surface area (Å²) in [7, 11) is 0. The van der Waals surface area contributed by atoms with Gasteiger partial charge in [-0.05, 0) is 43.3 Å². The SMILES string of the molecule is CC(=NNC(=O)C(=O)Nc1ccc(C#N)cc1)c1ccco1. The molecular weight excluding hydrogens is 284 g/mol. The minimum Gasteiger partial charge on any atom is -0.463 e. The van der Waals surface area contributed by atoms with Gasteiger partial charge in [0.25, 0.3) is 0 Å². The monoisotopic (exact) mass is 296 g/mol. The van der Waals surface area contributed by atoms with Crippen LogP contribution in [0.5, 0.6) is 0 Å². The molecule has 1 aromatic carbocycles. The van der Waals surface area contributed by atoms with Crippen molar-refractivity contribution >= 4 is 23.2 Å². The minimum absolute atomic E-state index is 0.408. The van der Waals surface area contributed by atoms with Crippen LogP contribution in [0.2, 0.25) is 0 Å². The standard InChI is InChI=1S/C15H12N4O3/c1-10(13-3-2-8-22-13)18-19-15(21)14(20)17-12-6-4-11(9-16)5-7-12/h2-8H,1H3,(H,17,20)(H,19,21). The highest BCUT2D eigenvalue weighted by atomic mass is 16.3. The van der Waals surface area contributed by atoms with Crippen molar-refractivity contribution in [3.8, 4) is 6.07 Å². The molecule has 0 aliphatic rings. The number of nitrogens with zero attached hydrogens (tertiary/aromatic N) is 2. The summed E-state index contributed by atoms with van der Waals surface area (Å²) in [5.41, 5.74) is 3.44. The number of anilines is 1. The highest BCUT2D eigenvalue weighted by molar-refractivity contribution is 6.39. The average Bonchev–Trinajstić information content (AvgIpc) is 3.07. The molecule has 7 heteroatoms. The Morgan fingerprint density at radius 1 is 1.18 bits per heavy atom. The molecule has 0 spiro atoms. The predicted octanol–water partition coefficient (Wildman–Crippen LogP) is 1.63. The molecule has 0 aliphatic carbocycles. The smallest absolute Gasteiger partial charge is 0.329 e. The van der Waals surface area contributed by atoms with Gasteiger partial charge in [0.1, 0.15) is 11.5 Å². The highest BCUT2D eigenvalue weighted by Gasteiger charge is 2.13. The second-order valence-electron chi connectivity index (χ2n) is 4.26. The number of hydrogen-bond donors (Lipinski definition) is 2. The van der Waals surface area contributed by atoms with E-state index in [1.807, 2.05) is 6.07 Å². The van der Waals surface area contributed by atoms with Gasteiger partial charge in [-0.1, -0.05) is 0 Å². The second kappa shape index (κ2) is 6.85. The molecular formula is C15H12N4O3. The molecule has 0 unspecified atom stereocenters. The Bertz CT molecular complexity index is 740. The maximum absolute atomic E-state index is 11.7. The van der Waals surface area contributed by atoms with Crippen molar-refractivity contribution < 1.29 is 14.0 Å². The van der Waals surface area contributed by atoms with Crippen LogP contribution in [-0.4, -0.2) is 17.5 Å². The fraction of sp³-hybridized carbons (Fsp3) is 0.0667. The van der Waals surface area contributed by atoms with Gasteiger partial charge in [0, 0.05) is 5.69 Å². The predicted molar refractivity (Wildman–Crippen MR) is 78.8 cm³/mol. The van der Waals surface area contributed by atoms with Crippen molar-refractivity contribution in [1.82, 2.24) is 5.43 Å². The molecule has 2 N–H and O–H groups in total. The van der Waals surface area contributed by atoms with Crippen LogP contribution in [0.4, 0.5) is 5.69 Å². The zero-order chi connectivity index (χ0) is 15.9. The molecule has 0 fully saturated rings. The molecule has 22 heavy (non-hydrogen) atoms. The normalized spacial score (nSPS) is 10.6. The Morgan fingerprint density at radius 2 is 1.91 bits per heavy atom. The number of hydrogen-bond acceptors (Lipinski definition) is 5. The van der Waals surface area contributed by atoms with E-state index < -0.39 is 11.8 Å². The highest BCUT2D eigenvalue weighted by Crippen LogP contribution is 2.08. The maximum atomic E-state index is 11.7. The summed E-state index contributed by atoms with van der Waals surface area (Å²) in [5.74, 6) is -1.27. The number of carbonyl (C=O) groups excluding carboxylic acids is 2. The molecule has 2 amide bonds. The molecule has 2 rings (SSSR count). The molecule has 0 aliphatic heterocycles. The molecule has 1 aromatic heterocycles. The van der Waals surface area contributed by atoms with Gasteiger partial charge >= 0.3 is 11.8 Å². The number of amides is 2. The van der Waals surface area contributed by atoms with Crippen molar-refractivity contribution in [2.45, 2.75) is 6.92 Å². The Kier molecular flexibility index (Phi) is 4.67. The van der Waals surface area contributed by atoms with Crippen molar-refractivity contribution in [1.29, 1.82) is 5.26 Å². The van der Waals surface area contributed by atoms with Gasteiger partial charge in [-0.25, -0.2) is 5.43 Å². The summed E-state index contributed by atoms with van der Waals surface area (Å²) in [6.07, 6.45) is 1.48. The lowest BCUT2D eigenvalue weighted by Gasteiger charge is -2.04. The number of nitrogens with one attached hydrogen (secondary N) is 2. The summed E-state index contributed by atoms with van der Waals surface area (Å²) in [5, 5.41) is 14.8.